The van der Waals surface area contributed by atoms with Crippen molar-refractivity contribution in [3.05, 3.63) is 53.1 Å². The molecule has 2 rings (SSSR count). The predicted octanol–water partition coefficient (Wildman–Crippen LogP) is 3.29. The molecule has 5 heteroatoms. The number of nitrogens with one attached hydrogen (secondary N) is 1. The van der Waals surface area contributed by atoms with E-state index in [9.17, 15) is 0 Å². The van der Waals surface area contributed by atoms with E-state index in [2.05, 4.69) is 36.3 Å². The van der Waals surface area contributed by atoms with Crippen molar-refractivity contribution in [1.29, 1.82) is 0 Å². The van der Waals surface area contributed by atoms with Crippen molar-refractivity contribution in [2.24, 2.45) is 10.7 Å². The van der Waals surface area contributed by atoms with Crippen LogP contribution in [0.15, 0.2) is 41.4 Å². The molecule has 0 radical (unpaired) electrons. The van der Waals surface area contributed by atoms with E-state index in [0.717, 1.165) is 29.2 Å². The number of anilines is 1. The van der Waals surface area contributed by atoms with Gasteiger partial charge in [-0.15, -0.1) is 0 Å². The molecule has 2 aromatic rings. The Hall–Kier alpha value is -2.69. The molecule has 5 nitrogen and oxygen atoms in total. The Kier molecular flexibility index (Phi) is 6.07. The third kappa shape index (κ3) is 4.65. The highest BCUT2D eigenvalue weighted by molar-refractivity contribution is 5.92. The van der Waals surface area contributed by atoms with Crippen LogP contribution >= 0.6 is 0 Å². The molecule has 0 aliphatic carbocycles. The van der Waals surface area contributed by atoms with Crippen LogP contribution in [0.5, 0.6) is 11.5 Å². The fraction of sp³-hybridized carbons (Fsp3) is 0.316. The fourth-order valence-electron chi connectivity index (χ4n) is 2.35. The number of guanidine groups is 1. The lowest BCUT2D eigenvalue weighted by molar-refractivity contribution is 0.354. The highest BCUT2D eigenvalue weighted by Crippen LogP contribution is 2.27. The van der Waals surface area contributed by atoms with Crippen molar-refractivity contribution >= 4 is 11.6 Å². The molecule has 0 spiro atoms. The van der Waals surface area contributed by atoms with Gasteiger partial charge < -0.3 is 20.5 Å². The van der Waals surface area contributed by atoms with Crippen LogP contribution in [0.3, 0.4) is 0 Å². The lowest BCUT2D eigenvalue weighted by Gasteiger charge is -2.10. The summed E-state index contributed by atoms with van der Waals surface area (Å²) in [6, 6.07) is 12.0. The molecule has 0 saturated heterocycles. The summed E-state index contributed by atoms with van der Waals surface area (Å²) in [5.74, 6) is 1.86. The van der Waals surface area contributed by atoms with Gasteiger partial charge in [0.2, 0.25) is 0 Å². The Labute approximate surface area is 143 Å². The number of nitrogens with zero attached hydrogens (tertiary/aromatic N) is 1. The second kappa shape index (κ2) is 8.24. The number of benzene rings is 2. The van der Waals surface area contributed by atoms with Crippen LogP contribution in [0.25, 0.3) is 0 Å². The van der Waals surface area contributed by atoms with E-state index < -0.39 is 0 Å². The van der Waals surface area contributed by atoms with Crippen LogP contribution in [0, 0.1) is 13.8 Å². The van der Waals surface area contributed by atoms with Crippen molar-refractivity contribution in [2.75, 3.05) is 26.1 Å². The summed E-state index contributed by atoms with van der Waals surface area (Å²) in [4.78, 5) is 4.38. The number of hydrogen-bond donors (Lipinski definition) is 2. The number of aliphatic imine (C=N–C) groups is 1. The van der Waals surface area contributed by atoms with Crippen LogP contribution in [-0.4, -0.2) is 26.7 Å². The smallest absolute Gasteiger partial charge is 0.193 e. The van der Waals surface area contributed by atoms with E-state index in [1.165, 1.54) is 11.1 Å². The lowest BCUT2D eigenvalue weighted by atomic mass is 10.1. The van der Waals surface area contributed by atoms with Crippen molar-refractivity contribution in [1.82, 2.24) is 0 Å². The maximum absolute atomic E-state index is 5.95. The molecule has 0 bridgehead atoms. The van der Waals surface area contributed by atoms with Gasteiger partial charge in [0.15, 0.2) is 17.5 Å². The number of rotatable bonds is 6. The molecule has 2 aromatic carbocycles. The minimum atomic E-state index is 0.415. The van der Waals surface area contributed by atoms with E-state index in [1.54, 1.807) is 14.2 Å². The molecule has 0 aromatic heterocycles. The minimum Gasteiger partial charge on any atom is -0.493 e. The van der Waals surface area contributed by atoms with E-state index in [-0.39, 0.29) is 0 Å². The van der Waals surface area contributed by atoms with Gasteiger partial charge in [-0.25, -0.2) is 0 Å². The molecule has 24 heavy (non-hydrogen) atoms. The Morgan fingerprint density at radius 1 is 1.00 bits per heavy atom. The summed E-state index contributed by atoms with van der Waals surface area (Å²) >= 11 is 0. The third-order valence-electron chi connectivity index (χ3n) is 3.91. The Balaban J connectivity index is 1.94. The summed E-state index contributed by atoms with van der Waals surface area (Å²) in [6.45, 7) is 4.75. The van der Waals surface area contributed by atoms with Crippen molar-refractivity contribution in [3.63, 3.8) is 0 Å². The monoisotopic (exact) mass is 327 g/mol. The van der Waals surface area contributed by atoms with Gasteiger partial charge in [0.25, 0.3) is 0 Å². The molecule has 0 unspecified atom stereocenters. The van der Waals surface area contributed by atoms with Gasteiger partial charge in [-0.3, -0.25) is 4.99 Å². The van der Waals surface area contributed by atoms with E-state index in [1.807, 2.05) is 24.3 Å². The van der Waals surface area contributed by atoms with Gasteiger partial charge in [0.05, 0.1) is 14.2 Å². The molecule has 0 heterocycles. The van der Waals surface area contributed by atoms with Crippen LogP contribution in [-0.2, 0) is 6.42 Å². The summed E-state index contributed by atoms with van der Waals surface area (Å²) in [5.41, 5.74) is 10.5. The topological polar surface area (TPSA) is 68.9 Å². The lowest BCUT2D eigenvalue weighted by Crippen LogP contribution is -2.23. The Bertz CT molecular complexity index is 727. The van der Waals surface area contributed by atoms with Crippen LogP contribution < -0.4 is 20.5 Å². The van der Waals surface area contributed by atoms with Gasteiger partial charge in [-0.1, -0.05) is 12.1 Å². The minimum absolute atomic E-state index is 0.415. The standard InChI is InChI=1S/C19H25N3O2/c1-13-5-7-16(11-14(13)2)22-19(20)21-10-9-15-6-8-17(23-3)18(12-15)24-4/h5-8,11-12H,9-10H2,1-4H3,(H3,20,21,22). The zero-order chi connectivity index (χ0) is 17.5. The molecule has 3 N–H and O–H groups in total. The van der Waals surface area contributed by atoms with Crippen LogP contribution in [0.1, 0.15) is 16.7 Å². The predicted molar refractivity (Wildman–Crippen MR) is 99.3 cm³/mol. The molecule has 0 aliphatic rings. The zero-order valence-corrected chi connectivity index (χ0v) is 14.7. The van der Waals surface area contributed by atoms with E-state index in [4.69, 9.17) is 15.2 Å². The first-order chi connectivity index (χ1) is 11.5. The SMILES string of the molecule is COc1ccc(CCN=C(N)Nc2ccc(C)c(C)c2)cc1OC. The second-order valence-electron chi connectivity index (χ2n) is 5.63. The fourth-order valence-corrected chi connectivity index (χ4v) is 2.35. The normalized spacial score (nSPS) is 11.2. The summed E-state index contributed by atoms with van der Waals surface area (Å²) in [5, 5.41) is 3.12. The Morgan fingerprint density at radius 2 is 1.75 bits per heavy atom. The average molecular weight is 327 g/mol. The first kappa shape index (κ1) is 17.7. The molecule has 0 saturated carbocycles. The van der Waals surface area contributed by atoms with Gasteiger partial charge in [-0.05, 0) is 61.2 Å². The van der Waals surface area contributed by atoms with Gasteiger partial charge in [-0.2, -0.15) is 0 Å². The van der Waals surface area contributed by atoms with Crippen LogP contribution in [0.4, 0.5) is 5.69 Å². The van der Waals surface area contributed by atoms with E-state index in [0.29, 0.717) is 12.5 Å². The first-order valence-electron chi connectivity index (χ1n) is 7.88. The average Bonchev–Trinajstić information content (AvgIpc) is 2.58. The molecular formula is C19H25N3O2. The molecule has 0 atom stereocenters. The number of methoxy groups -OCH3 is 2. The van der Waals surface area contributed by atoms with Crippen molar-refractivity contribution < 1.29 is 9.47 Å². The number of aryl methyl sites for hydroxylation is 2. The molecular weight excluding hydrogens is 302 g/mol. The summed E-state index contributed by atoms with van der Waals surface area (Å²) in [6.07, 6.45) is 0.773. The first-order valence-corrected chi connectivity index (χ1v) is 7.88. The maximum atomic E-state index is 5.95. The van der Waals surface area contributed by atoms with Gasteiger partial charge in [0, 0.05) is 12.2 Å². The van der Waals surface area contributed by atoms with Gasteiger partial charge >= 0.3 is 0 Å². The highest BCUT2D eigenvalue weighted by atomic mass is 16.5. The molecule has 128 valence electrons. The Morgan fingerprint density at radius 3 is 2.42 bits per heavy atom. The number of hydrogen-bond acceptors (Lipinski definition) is 3. The quantitative estimate of drug-likeness (QED) is 0.631. The van der Waals surface area contributed by atoms with Crippen molar-refractivity contribution in [2.45, 2.75) is 20.3 Å². The zero-order valence-electron chi connectivity index (χ0n) is 14.7. The maximum Gasteiger partial charge on any atom is 0.193 e. The highest BCUT2D eigenvalue weighted by Gasteiger charge is 2.04. The summed E-state index contributed by atoms with van der Waals surface area (Å²) < 4.78 is 10.5. The summed E-state index contributed by atoms with van der Waals surface area (Å²) in [7, 11) is 3.26. The largest absolute Gasteiger partial charge is 0.493 e. The second-order valence-corrected chi connectivity index (χ2v) is 5.63. The van der Waals surface area contributed by atoms with Crippen LogP contribution in [0.2, 0.25) is 0 Å². The number of ether oxygens (including phenoxy) is 2. The molecule has 0 amide bonds. The van der Waals surface area contributed by atoms with E-state index >= 15 is 0 Å². The molecule has 0 fully saturated rings. The number of nitrogens with two attached hydrogens (primary N) is 1. The third-order valence-corrected chi connectivity index (χ3v) is 3.91. The van der Waals surface area contributed by atoms with Gasteiger partial charge in [0.1, 0.15) is 0 Å². The van der Waals surface area contributed by atoms with Crippen molar-refractivity contribution in [3.8, 4) is 11.5 Å². The molecule has 0 aliphatic heterocycles.